The fourth-order valence-electron chi connectivity index (χ4n) is 1.45. The minimum Gasteiger partial charge on any atom is -0.462 e. The van der Waals surface area contributed by atoms with Crippen LogP contribution in [0.4, 0.5) is 8.78 Å². The molecule has 0 bridgehead atoms. The van der Waals surface area contributed by atoms with E-state index < -0.39 is 12.6 Å². The van der Waals surface area contributed by atoms with Gasteiger partial charge in [0.05, 0.1) is 17.7 Å². The molecule has 0 spiro atoms. The molecule has 18 heavy (non-hydrogen) atoms. The highest BCUT2D eigenvalue weighted by Gasteiger charge is 2.19. The third-order valence-electron chi connectivity index (χ3n) is 2.23. The van der Waals surface area contributed by atoms with E-state index in [0.717, 1.165) is 0 Å². The predicted molar refractivity (Wildman–Crippen MR) is 58.5 cm³/mol. The SMILES string of the molecule is CCOC(=O)c1ccc(C#N)c(OC(F)F)c1C. The molecule has 0 saturated carbocycles. The zero-order valence-electron chi connectivity index (χ0n) is 9.87. The number of ether oxygens (including phenoxy) is 2. The van der Waals surface area contributed by atoms with Crippen LogP contribution in [-0.2, 0) is 4.74 Å². The first-order valence-electron chi connectivity index (χ1n) is 5.16. The Labute approximate surface area is 103 Å². The highest BCUT2D eigenvalue weighted by Crippen LogP contribution is 2.28. The molecule has 0 amide bonds. The number of halogens is 2. The highest BCUT2D eigenvalue weighted by atomic mass is 19.3. The molecule has 0 N–H and O–H groups in total. The first-order valence-corrected chi connectivity index (χ1v) is 5.16. The quantitative estimate of drug-likeness (QED) is 0.776. The van der Waals surface area contributed by atoms with Crippen LogP contribution in [0.3, 0.4) is 0 Å². The maximum Gasteiger partial charge on any atom is 0.387 e. The van der Waals surface area contributed by atoms with E-state index in [4.69, 9.17) is 10.00 Å². The number of esters is 1. The fourth-order valence-corrected chi connectivity index (χ4v) is 1.45. The Morgan fingerprint density at radius 2 is 2.17 bits per heavy atom. The average Bonchev–Trinajstić information content (AvgIpc) is 2.31. The predicted octanol–water partition coefficient (Wildman–Crippen LogP) is 2.64. The number of nitrogens with zero attached hydrogens (tertiary/aromatic N) is 1. The Kier molecular flexibility index (Phi) is 4.60. The van der Waals surface area contributed by atoms with Crippen molar-refractivity contribution in [2.24, 2.45) is 0 Å². The van der Waals surface area contributed by atoms with Gasteiger partial charge >= 0.3 is 12.6 Å². The normalized spacial score (nSPS) is 10.0. The largest absolute Gasteiger partial charge is 0.462 e. The summed E-state index contributed by atoms with van der Waals surface area (Å²) in [6.45, 7) is 0.162. The van der Waals surface area contributed by atoms with Crippen LogP contribution in [0.2, 0.25) is 0 Å². The van der Waals surface area contributed by atoms with E-state index in [1.165, 1.54) is 19.1 Å². The van der Waals surface area contributed by atoms with E-state index >= 15 is 0 Å². The number of nitriles is 1. The van der Waals surface area contributed by atoms with Gasteiger partial charge in [-0.2, -0.15) is 14.0 Å². The lowest BCUT2D eigenvalue weighted by Crippen LogP contribution is -2.11. The molecule has 4 nitrogen and oxygen atoms in total. The molecule has 0 fully saturated rings. The second-order valence-corrected chi connectivity index (χ2v) is 3.33. The summed E-state index contributed by atoms with van der Waals surface area (Å²) in [5.74, 6) is -0.934. The van der Waals surface area contributed by atoms with Gasteiger partial charge < -0.3 is 9.47 Å². The van der Waals surface area contributed by atoms with Gasteiger partial charge in [-0.3, -0.25) is 0 Å². The van der Waals surface area contributed by atoms with Crippen molar-refractivity contribution in [1.29, 1.82) is 5.26 Å². The maximum absolute atomic E-state index is 12.2. The number of alkyl halides is 2. The number of rotatable bonds is 4. The summed E-state index contributed by atoms with van der Waals surface area (Å²) < 4.78 is 33.5. The van der Waals surface area contributed by atoms with E-state index in [1.807, 2.05) is 0 Å². The van der Waals surface area contributed by atoms with Crippen LogP contribution in [0.1, 0.15) is 28.4 Å². The third kappa shape index (κ3) is 2.94. The topological polar surface area (TPSA) is 59.3 Å². The van der Waals surface area contributed by atoms with Gasteiger partial charge in [0.2, 0.25) is 0 Å². The summed E-state index contributed by atoms with van der Waals surface area (Å²) in [5, 5.41) is 8.80. The molecule has 0 unspecified atom stereocenters. The van der Waals surface area contributed by atoms with E-state index in [-0.39, 0.29) is 29.0 Å². The lowest BCUT2D eigenvalue weighted by Gasteiger charge is -2.12. The van der Waals surface area contributed by atoms with Crippen molar-refractivity contribution in [3.05, 3.63) is 28.8 Å². The number of carbonyl (C=O) groups is 1. The Hall–Kier alpha value is -2.16. The van der Waals surface area contributed by atoms with Crippen LogP contribution in [0.15, 0.2) is 12.1 Å². The van der Waals surface area contributed by atoms with Crippen molar-refractivity contribution in [3.63, 3.8) is 0 Å². The molecule has 0 saturated heterocycles. The van der Waals surface area contributed by atoms with Crippen molar-refractivity contribution in [2.75, 3.05) is 6.61 Å². The lowest BCUT2D eigenvalue weighted by atomic mass is 10.0. The molecular formula is C12H11F2NO3. The lowest BCUT2D eigenvalue weighted by molar-refractivity contribution is -0.0505. The van der Waals surface area contributed by atoms with Crippen LogP contribution in [0.25, 0.3) is 0 Å². The number of hydrogen-bond donors (Lipinski definition) is 0. The maximum atomic E-state index is 12.2. The standard InChI is InChI=1S/C12H11F2NO3/c1-3-17-11(16)9-5-4-8(6-15)10(7(9)2)18-12(13)14/h4-5,12H,3H2,1-2H3. The van der Waals surface area contributed by atoms with Gasteiger partial charge in [-0.05, 0) is 26.0 Å². The summed E-state index contributed by atoms with van der Waals surface area (Å²) in [6, 6.07) is 4.33. The zero-order valence-corrected chi connectivity index (χ0v) is 9.87. The van der Waals surface area contributed by atoms with E-state index in [1.54, 1.807) is 13.0 Å². The van der Waals surface area contributed by atoms with Crippen molar-refractivity contribution in [1.82, 2.24) is 0 Å². The van der Waals surface area contributed by atoms with Gasteiger partial charge in [-0.1, -0.05) is 0 Å². The molecule has 6 heteroatoms. The van der Waals surface area contributed by atoms with Crippen LogP contribution < -0.4 is 4.74 Å². The van der Waals surface area contributed by atoms with Gasteiger partial charge in [0, 0.05) is 5.56 Å². The monoisotopic (exact) mass is 255 g/mol. The van der Waals surface area contributed by atoms with Crippen LogP contribution in [0.5, 0.6) is 5.75 Å². The zero-order chi connectivity index (χ0) is 13.7. The van der Waals surface area contributed by atoms with Crippen molar-refractivity contribution in [2.45, 2.75) is 20.5 Å². The minimum atomic E-state index is -3.06. The van der Waals surface area contributed by atoms with Crippen LogP contribution >= 0.6 is 0 Å². The molecule has 0 aromatic heterocycles. The van der Waals surface area contributed by atoms with E-state index in [0.29, 0.717) is 0 Å². The average molecular weight is 255 g/mol. The smallest absolute Gasteiger partial charge is 0.387 e. The molecule has 0 aliphatic carbocycles. The molecule has 1 aromatic carbocycles. The second-order valence-electron chi connectivity index (χ2n) is 3.33. The Morgan fingerprint density at radius 1 is 1.50 bits per heavy atom. The fraction of sp³-hybridized carbons (Fsp3) is 0.333. The van der Waals surface area contributed by atoms with Gasteiger partial charge in [-0.25, -0.2) is 4.79 Å². The highest BCUT2D eigenvalue weighted by molar-refractivity contribution is 5.92. The number of hydrogen-bond acceptors (Lipinski definition) is 4. The van der Waals surface area contributed by atoms with Crippen molar-refractivity contribution in [3.8, 4) is 11.8 Å². The number of benzene rings is 1. The molecule has 1 aromatic rings. The van der Waals surface area contributed by atoms with Gasteiger partial charge in [0.15, 0.2) is 0 Å². The first-order chi connectivity index (χ1) is 8.51. The van der Waals surface area contributed by atoms with Crippen LogP contribution in [-0.4, -0.2) is 19.2 Å². The van der Waals surface area contributed by atoms with Crippen LogP contribution in [0, 0.1) is 18.3 Å². The van der Waals surface area contributed by atoms with E-state index in [2.05, 4.69) is 4.74 Å². The molecule has 96 valence electrons. The Morgan fingerprint density at radius 3 is 2.67 bits per heavy atom. The minimum absolute atomic E-state index is 0.0548. The molecule has 1 rings (SSSR count). The second kappa shape index (κ2) is 5.96. The molecule has 0 aliphatic rings. The van der Waals surface area contributed by atoms with Gasteiger partial charge in [0.25, 0.3) is 0 Å². The van der Waals surface area contributed by atoms with Gasteiger partial charge in [0.1, 0.15) is 11.8 Å². The third-order valence-corrected chi connectivity index (χ3v) is 2.23. The molecule has 0 atom stereocenters. The van der Waals surface area contributed by atoms with Crippen molar-refractivity contribution >= 4 is 5.97 Å². The summed E-state index contributed by atoms with van der Waals surface area (Å²) >= 11 is 0. The molecule has 0 radical (unpaired) electrons. The Bertz CT molecular complexity index is 495. The summed E-state index contributed by atoms with van der Waals surface area (Å²) in [7, 11) is 0. The van der Waals surface area contributed by atoms with Crippen molar-refractivity contribution < 1.29 is 23.0 Å². The summed E-state index contributed by atoms with van der Waals surface area (Å²) in [5.41, 5.74) is 0.208. The first kappa shape index (κ1) is 13.9. The summed E-state index contributed by atoms with van der Waals surface area (Å²) in [4.78, 5) is 11.6. The van der Waals surface area contributed by atoms with Gasteiger partial charge in [-0.15, -0.1) is 0 Å². The summed E-state index contributed by atoms with van der Waals surface area (Å²) in [6.07, 6.45) is 0. The molecule has 0 aliphatic heterocycles. The number of carbonyl (C=O) groups excluding carboxylic acids is 1. The Balaban J connectivity index is 3.25. The van der Waals surface area contributed by atoms with E-state index in [9.17, 15) is 13.6 Å². The molecular weight excluding hydrogens is 244 g/mol. The molecule has 0 heterocycles.